The number of aryl methyl sites for hydroxylation is 2. The summed E-state index contributed by atoms with van der Waals surface area (Å²) in [6.07, 6.45) is 6.82. The number of halogens is 1. The number of nitrogens with one attached hydrogen (secondary N) is 2. The number of pyridine rings is 1. The number of nitrogens with zero attached hydrogens (tertiary/aromatic N) is 4. The van der Waals surface area contributed by atoms with Crippen molar-refractivity contribution in [2.24, 2.45) is 5.41 Å². The van der Waals surface area contributed by atoms with E-state index in [1.54, 1.807) is 9.58 Å². The van der Waals surface area contributed by atoms with Crippen molar-refractivity contribution in [3.8, 4) is 0 Å². The molecule has 1 aliphatic carbocycles. The summed E-state index contributed by atoms with van der Waals surface area (Å²) < 4.78 is 2.33. The van der Waals surface area contributed by atoms with Gasteiger partial charge in [0.15, 0.2) is 5.78 Å². The van der Waals surface area contributed by atoms with Crippen LogP contribution in [-0.4, -0.2) is 55.9 Å². The average molecular weight is 608 g/mol. The standard InChI is InChI=1S/C30H35BrN6O3/c1-17-9-10-24(31)33-28(17)34-29(40)22-14-30(3)15-23(30)37(22)25(39)16-36-27-19-8-6-4-5-7-11-32-20(12-19)13-21(27)26(35-36)18(2)38/h9-10,12-13,22-23,32H,4-8,11,14-16H2,1-3H3,(H,33,34,40)/t22-,23?,30-/m0/s1. The maximum absolute atomic E-state index is 14.0. The number of fused-ring (bicyclic) bond motifs is 5. The molecule has 2 bridgehead atoms. The highest BCUT2D eigenvalue weighted by molar-refractivity contribution is 9.10. The lowest BCUT2D eigenvalue weighted by molar-refractivity contribution is -0.138. The molecular weight excluding hydrogens is 572 g/mol. The van der Waals surface area contributed by atoms with Gasteiger partial charge in [0, 0.05) is 30.6 Å². The summed E-state index contributed by atoms with van der Waals surface area (Å²) in [5.41, 5.74) is 4.10. The molecule has 1 aromatic carbocycles. The van der Waals surface area contributed by atoms with Crippen LogP contribution in [0, 0.1) is 12.3 Å². The lowest BCUT2D eigenvalue weighted by Gasteiger charge is -2.27. The molecule has 9 nitrogen and oxygen atoms in total. The molecule has 3 aliphatic rings. The number of carbonyl (C=O) groups excluding carboxylic acids is 3. The van der Waals surface area contributed by atoms with Crippen molar-refractivity contribution in [3.63, 3.8) is 0 Å². The molecule has 0 radical (unpaired) electrons. The second kappa shape index (κ2) is 10.3. The van der Waals surface area contributed by atoms with Crippen molar-refractivity contribution in [1.82, 2.24) is 19.7 Å². The molecule has 2 amide bonds. The van der Waals surface area contributed by atoms with Crippen LogP contribution in [-0.2, 0) is 22.6 Å². The van der Waals surface area contributed by atoms with E-state index >= 15 is 0 Å². The minimum Gasteiger partial charge on any atom is -0.385 e. The van der Waals surface area contributed by atoms with Crippen molar-refractivity contribution < 1.29 is 14.4 Å². The number of anilines is 2. The molecule has 3 atom stereocenters. The third-order valence-electron chi connectivity index (χ3n) is 8.77. The number of likely N-dealkylation sites (tertiary alicyclic amines) is 1. The first-order valence-corrected chi connectivity index (χ1v) is 15.0. The summed E-state index contributed by atoms with van der Waals surface area (Å²) in [7, 11) is 0. The van der Waals surface area contributed by atoms with E-state index in [4.69, 9.17) is 0 Å². The van der Waals surface area contributed by atoms with Crippen molar-refractivity contribution >= 4 is 55.9 Å². The SMILES string of the molecule is CC(=O)c1nn(CC(=O)N2C3C[C@]3(C)C[C@H]2C(=O)Nc2nc(Br)ccc2C)c2c3cc(cc12)NCCCCCC3. The van der Waals surface area contributed by atoms with Gasteiger partial charge in [-0.25, -0.2) is 4.98 Å². The van der Waals surface area contributed by atoms with Gasteiger partial charge in [-0.1, -0.05) is 25.8 Å². The van der Waals surface area contributed by atoms with Gasteiger partial charge in [0.25, 0.3) is 0 Å². The molecule has 210 valence electrons. The maximum atomic E-state index is 14.0. The summed E-state index contributed by atoms with van der Waals surface area (Å²) >= 11 is 3.37. The van der Waals surface area contributed by atoms with Gasteiger partial charge in [0.05, 0.1) is 5.52 Å². The number of carbonyl (C=O) groups is 3. The molecule has 0 spiro atoms. The van der Waals surface area contributed by atoms with Crippen LogP contribution in [0.25, 0.3) is 10.9 Å². The van der Waals surface area contributed by atoms with Gasteiger partial charge in [-0.15, -0.1) is 0 Å². The monoisotopic (exact) mass is 606 g/mol. The van der Waals surface area contributed by atoms with Crippen LogP contribution in [0.1, 0.15) is 74.0 Å². The molecule has 2 aliphatic heterocycles. The number of rotatable bonds is 5. The Morgan fingerprint density at radius 1 is 1.15 bits per heavy atom. The molecule has 2 aromatic heterocycles. The van der Waals surface area contributed by atoms with Crippen molar-refractivity contribution in [3.05, 3.63) is 45.7 Å². The Morgan fingerprint density at radius 3 is 2.75 bits per heavy atom. The van der Waals surface area contributed by atoms with Crippen LogP contribution in [0.3, 0.4) is 0 Å². The Labute approximate surface area is 242 Å². The molecular formula is C30H35BrN6O3. The fourth-order valence-corrected chi connectivity index (χ4v) is 6.81. The first kappa shape index (κ1) is 26.9. The largest absolute Gasteiger partial charge is 0.385 e. The average Bonchev–Trinajstić information content (AvgIpc) is 3.27. The first-order valence-electron chi connectivity index (χ1n) is 14.2. The van der Waals surface area contributed by atoms with Crippen LogP contribution in [0.2, 0.25) is 0 Å². The van der Waals surface area contributed by atoms with E-state index < -0.39 is 6.04 Å². The summed E-state index contributed by atoms with van der Waals surface area (Å²) in [5, 5.41) is 11.9. The highest BCUT2D eigenvalue weighted by atomic mass is 79.9. The van der Waals surface area contributed by atoms with E-state index in [1.807, 2.05) is 25.1 Å². The Hall–Kier alpha value is -3.27. The second-order valence-electron chi connectivity index (χ2n) is 11.9. The molecule has 4 heterocycles. The summed E-state index contributed by atoms with van der Waals surface area (Å²) in [5.74, 6) is -0.0180. The van der Waals surface area contributed by atoms with Crippen LogP contribution in [0.15, 0.2) is 28.9 Å². The molecule has 3 aromatic rings. The van der Waals surface area contributed by atoms with Gasteiger partial charge in [-0.2, -0.15) is 5.10 Å². The van der Waals surface area contributed by atoms with Crippen LogP contribution < -0.4 is 10.6 Å². The normalized spacial score (nSPS) is 23.9. The number of piperidine rings is 1. The lowest BCUT2D eigenvalue weighted by Crippen LogP contribution is -2.47. The van der Waals surface area contributed by atoms with E-state index in [0.29, 0.717) is 22.5 Å². The van der Waals surface area contributed by atoms with Gasteiger partial charge in [-0.3, -0.25) is 19.1 Å². The van der Waals surface area contributed by atoms with E-state index in [1.165, 1.54) is 13.3 Å². The highest BCUT2D eigenvalue weighted by Gasteiger charge is 2.64. The van der Waals surface area contributed by atoms with Gasteiger partial charge in [0.2, 0.25) is 11.8 Å². The number of hydrogen-bond acceptors (Lipinski definition) is 6. The summed E-state index contributed by atoms with van der Waals surface area (Å²) in [6.45, 7) is 6.42. The maximum Gasteiger partial charge on any atom is 0.248 e. The molecule has 10 heteroatoms. The Morgan fingerprint density at radius 2 is 1.95 bits per heavy atom. The van der Waals surface area contributed by atoms with E-state index in [2.05, 4.69) is 49.6 Å². The zero-order valence-electron chi connectivity index (χ0n) is 23.2. The number of hydrogen-bond donors (Lipinski definition) is 2. The summed E-state index contributed by atoms with van der Waals surface area (Å²) in [6, 6.07) is 7.28. The zero-order chi connectivity index (χ0) is 28.2. The third-order valence-corrected chi connectivity index (χ3v) is 9.22. The number of amides is 2. The van der Waals surface area contributed by atoms with Crippen LogP contribution >= 0.6 is 15.9 Å². The third kappa shape index (κ3) is 4.91. The Balaban J connectivity index is 1.32. The number of Topliss-reactive ketones (excluding diaryl/α,β-unsaturated/α-hetero) is 1. The molecule has 1 saturated carbocycles. The van der Waals surface area contributed by atoms with Gasteiger partial charge in [0.1, 0.15) is 28.7 Å². The highest BCUT2D eigenvalue weighted by Crippen LogP contribution is 2.59. The zero-order valence-corrected chi connectivity index (χ0v) is 24.8. The van der Waals surface area contributed by atoms with Crippen molar-refractivity contribution in [1.29, 1.82) is 0 Å². The number of ketones is 1. The quantitative estimate of drug-likeness (QED) is 0.303. The topological polar surface area (TPSA) is 109 Å². The fourth-order valence-electron chi connectivity index (χ4n) is 6.50. The molecule has 1 saturated heterocycles. The molecule has 1 unspecified atom stereocenters. The number of aromatic nitrogens is 3. The fraction of sp³-hybridized carbons (Fsp3) is 0.500. The lowest BCUT2D eigenvalue weighted by atomic mass is 10.00. The predicted molar refractivity (Wildman–Crippen MR) is 157 cm³/mol. The van der Waals surface area contributed by atoms with Gasteiger partial charge < -0.3 is 15.5 Å². The van der Waals surface area contributed by atoms with Gasteiger partial charge >= 0.3 is 0 Å². The van der Waals surface area contributed by atoms with Crippen LogP contribution in [0.4, 0.5) is 11.5 Å². The Bertz CT molecular complexity index is 1530. The summed E-state index contributed by atoms with van der Waals surface area (Å²) in [4.78, 5) is 46.3. The first-order chi connectivity index (χ1) is 19.1. The van der Waals surface area contributed by atoms with Gasteiger partial charge in [-0.05, 0) is 89.7 Å². The minimum absolute atomic E-state index is 0.0198. The van der Waals surface area contributed by atoms with Crippen molar-refractivity contribution in [2.75, 3.05) is 17.2 Å². The molecule has 2 N–H and O–H groups in total. The predicted octanol–water partition coefficient (Wildman–Crippen LogP) is 5.25. The van der Waals surface area contributed by atoms with Crippen molar-refractivity contribution in [2.45, 2.75) is 84.3 Å². The Kier molecular flexibility index (Phi) is 6.92. The molecule has 40 heavy (non-hydrogen) atoms. The van der Waals surface area contributed by atoms with E-state index in [-0.39, 0.29) is 35.6 Å². The van der Waals surface area contributed by atoms with Crippen LogP contribution in [0.5, 0.6) is 0 Å². The molecule has 2 fully saturated rings. The molecule has 6 rings (SSSR count). The van der Waals surface area contributed by atoms with E-state index in [0.717, 1.165) is 66.4 Å². The second-order valence-corrected chi connectivity index (χ2v) is 12.7. The smallest absolute Gasteiger partial charge is 0.248 e. The number of benzene rings is 1. The van der Waals surface area contributed by atoms with E-state index in [9.17, 15) is 14.4 Å². The minimum atomic E-state index is -0.585.